The molecule has 4 aromatic rings. The van der Waals surface area contributed by atoms with Crippen LogP contribution in [-0.2, 0) is 11.2 Å². The molecule has 8 heteroatoms. The maximum atomic E-state index is 14.0. The molecule has 0 unspecified atom stereocenters. The molecule has 1 aliphatic carbocycles. The smallest absolute Gasteiger partial charge is 0.262 e. The number of fused-ring (bicyclic) bond motifs is 1. The third kappa shape index (κ3) is 5.03. The van der Waals surface area contributed by atoms with Crippen LogP contribution < -0.4 is 9.64 Å². The van der Waals surface area contributed by atoms with Gasteiger partial charge in [-0.05, 0) is 74.7 Å². The van der Waals surface area contributed by atoms with E-state index in [9.17, 15) is 9.59 Å². The number of hydrogen-bond acceptors (Lipinski definition) is 5. The lowest BCUT2D eigenvalue weighted by Gasteiger charge is -2.32. The maximum Gasteiger partial charge on any atom is 0.262 e. The van der Waals surface area contributed by atoms with Crippen molar-refractivity contribution in [2.45, 2.75) is 58.4 Å². The quantitative estimate of drug-likeness (QED) is 0.267. The first-order valence-corrected chi connectivity index (χ1v) is 13.9. The van der Waals surface area contributed by atoms with Gasteiger partial charge in [0.25, 0.3) is 5.91 Å². The van der Waals surface area contributed by atoms with Gasteiger partial charge in [-0.2, -0.15) is 0 Å². The number of thiazole rings is 1. The molecule has 2 heterocycles. The molecule has 1 amide bonds. The van der Waals surface area contributed by atoms with E-state index in [-0.39, 0.29) is 24.3 Å². The lowest BCUT2D eigenvalue weighted by atomic mass is 9.94. The zero-order valence-electron chi connectivity index (χ0n) is 21.3. The molecule has 0 radical (unpaired) electrons. The molecule has 1 saturated carbocycles. The molecular weight excluding hydrogens is 506 g/mol. The van der Waals surface area contributed by atoms with Crippen molar-refractivity contribution in [1.82, 2.24) is 9.55 Å². The summed E-state index contributed by atoms with van der Waals surface area (Å²) in [6.45, 7) is 3.86. The first kappa shape index (κ1) is 25.5. The normalized spacial score (nSPS) is 14.2. The number of aromatic nitrogens is 2. The average molecular weight is 536 g/mol. The van der Waals surface area contributed by atoms with Crippen LogP contribution in [0.3, 0.4) is 0 Å². The van der Waals surface area contributed by atoms with Gasteiger partial charge in [0.15, 0.2) is 5.13 Å². The monoisotopic (exact) mass is 535 g/mol. The summed E-state index contributed by atoms with van der Waals surface area (Å²) in [5.74, 6) is 0.518. The topological polar surface area (TPSA) is 64.4 Å². The lowest BCUT2D eigenvalue weighted by molar-refractivity contribution is -0.118. The van der Waals surface area contributed by atoms with Gasteiger partial charge in [0.2, 0.25) is 5.91 Å². The minimum atomic E-state index is -0.164. The van der Waals surface area contributed by atoms with E-state index in [0.717, 1.165) is 58.7 Å². The third-order valence-electron chi connectivity index (χ3n) is 7.19. The number of nitrogens with zero attached hydrogens (tertiary/aromatic N) is 3. The first-order valence-electron chi connectivity index (χ1n) is 12.6. The van der Waals surface area contributed by atoms with E-state index in [1.165, 1.54) is 17.8 Å². The minimum Gasteiger partial charge on any atom is -0.497 e. The molecule has 2 aromatic carbocycles. The number of amides is 1. The summed E-state index contributed by atoms with van der Waals surface area (Å²) in [7, 11) is 1.62. The second-order valence-corrected chi connectivity index (χ2v) is 10.9. The van der Waals surface area contributed by atoms with Gasteiger partial charge in [-0.1, -0.05) is 30.9 Å². The molecule has 5 rings (SSSR count). The van der Waals surface area contributed by atoms with E-state index in [4.69, 9.17) is 16.3 Å². The predicted octanol–water partition coefficient (Wildman–Crippen LogP) is 6.97. The molecular formula is C29H30ClN3O3S. The number of hydrogen-bond donors (Lipinski definition) is 0. The van der Waals surface area contributed by atoms with Crippen molar-refractivity contribution in [1.29, 1.82) is 0 Å². The van der Waals surface area contributed by atoms with Crippen LogP contribution >= 0.6 is 22.9 Å². The number of methoxy groups -OCH3 is 1. The van der Waals surface area contributed by atoms with E-state index >= 15 is 0 Å². The van der Waals surface area contributed by atoms with Crippen molar-refractivity contribution in [2.24, 2.45) is 0 Å². The molecule has 0 saturated heterocycles. The zero-order valence-corrected chi connectivity index (χ0v) is 22.9. The molecule has 2 aromatic heterocycles. The number of ether oxygens (including phenoxy) is 1. The highest BCUT2D eigenvalue weighted by molar-refractivity contribution is 7.14. The van der Waals surface area contributed by atoms with Gasteiger partial charge < -0.3 is 4.74 Å². The first-order chi connectivity index (χ1) is 17.9. The highest BCUT2D eigenvalue weighted by Crippen LogP contribution is 2.34. The Hall–Kier alpha value is -3.16. The molecule has 0 aliphatic heterocycles. The third-order valence-corrected chi connectivity index (χ3v) is 8.40. The van der Waals surface area contributed by atoms with Crippen LogP contribution in [0.4, 0.5) is 5.13 Å². The van der Waals surface area contributed by atoms with E-state index in [2.05, 4.69) is 4.98 Å². The Balaban J connectivity index is 1.58. The summed E-state index contributed by atoms with van der Waals surface area (Å²) in [5, 5.41) is 4.16. The van der Waals surface area contributed by atoms with E-state index in [1.807, 2.05) is 42.3 Å². The zero-order chi connectivity index (χ0) is 26.1. The van der Waals surface area contributed by atoms with Crippen molar-refractivity contribution in [3.05, 3.63) is 75.4 Å². The van der Waals surface area contributed by atoms with Crippen molar-refractivity contribution >= 4 is 50.8 Å². The number of aryl methyl sites for hydroxylation is 1. The van der Waals surface area contributed by atoms with Gasteiger partial charge in [0.05, 0.1) is 24.7 Å². The molecule has 6 nitrogen and oxygen atoms in total. The van der Waals surface area contributed by atoms with Gasteiger partial charge in [-0.25, -0.2) is 4.98 Å². The lowest BCUT2D eigenvalue weighted by Crippen LogP contribution is -2.42. The molecule has 0 N–H and O–H groups in total. The Morgan fingerprint density at radius 1 is 1.11 bits per heavy atom. The number of carbonyl (C=O) groups excluding carboxylic acids is 2. The van der Waals surface area contributed by atoms with Crippen LogP contribution in [0, 0.1) is 13.8 Å². The summed E-state index contributed by atoms with van der Waals surface area (Å²) in [4.78, 5) is 34.2. The SMILES string of the molecule is COc1ccc2c(c1)c(CC(=O)N(c1nc(C)cs1)C1CCCCC1)c(C)n2C(=O)c1ccc(Cl)cc1. The Labute approximate surface area is 225 Å². The van der Waals surface area contributed by atoms with E-state index < -0.39 is 0 Å². The second kappa shape index (κ2) is 10.7. The van der Waals surface area contributed by atoms with Gasteiger partial charge in [0.1, 0.15) is 5.75 Å². The van der Waals surface area contributed by atoms with E-state index in [1.54, 1.807) is 35.9 Å². The number of rotatable bonds is 6. The van der Waals surface area contributed by atoms with Crippen molar-refractivity contribution in [3.8, 4) is 5.75 Å². The van der Waals surface area contributed by atoms with Gasteiger partial charge in [0, 0.05) is 33.1 Å². The maximum absolute atomic E-state index is 14.0. The molecule has 0 atom stereocenters. The van der Waals surface area contributed by atoms with Crippen LogP contribution in [-0.4, -0.2) is 34.5 Å². The number of carbonyl (C=O) groups is 2. The van der Waals surface area contributed by atoms with Crippen LogP contribution in [0.5, 0.6) is 5.75 Å². The van der Waals surface area contributed by atoms with Gasteiger partial charge in [-0.3, -0.25) is 19.1 Å². The standard InChI is InChI=1S/C29H30ClN3O3S/c1-18-17-37-29(31-18)33(22-7-5-4-6-8-22)27(34)16-24-19(2)32(26-14-13-23(36-3)15-25(24)26)28(35)20-9-11-21(30)12-10-20/h9-15,17,22H,4-8,16H2,1-3H3. The van der Waals surface area contributed by atoms with Crippen LogP contribution in [0.2, 0.25) is 5.02 Å². The highest BCUT2D eigenvalue weighted by Gasteiger charge is 2.31. The highest BCUT2D eigenvalue weighted by atomic mass is 35.5. The summed E-state index contributed by atoms with van der Waals surface area (Å²) >= 11 is 7.57. The number of halogens is 1. The fraction of sp³-hybridized carbons (Fsp3) is 0.345. The Bertz CT molecular complexity index is 1450. The van der Waals surface area contributed by atoms with Crippen LogP contribution in [0.25, 0.3) is 10.9 Å². The Morgan fingerprint density at radius 2 is 1.84 bits per heavy atom. The fourth-order valence-electron chi connectivity index (χ4n) is 5.29. The molecule has 1 aliphatic rings. The summed E-state index contributed by atoms with van der Waals surface area (Å²) in [6.07, 6.45) is 5.57. The second-order valence-electron chi connectivity index (χ2n) is 9.60. The molecule has 37 heavy (non-hydrogen) atoms. The largest absolute Gasteiger partial charge is 0.497 e. The average Bonchev–Trinajstić information content (AvgIpc) is 3.45. The summed E-state index contributed by atoms with van der Waals surface area (Å²) in [6, 6.07) is 12.6. The van der Waals surface area contributed by atoms with Crippen molar-refractivity contribution in [3.63, 3.8) is 0 Å². The molecule has 0 bridgehead atoms. The summed E-state index contributed by atoms with van der Waals surface area (Å²) in [5.41, 5.74) is 3.76. The number of benzene rings is 2. The fourth-order valence-corrected chi connectivity index (χ4v) is 6.31. The Kier molecular flexibility index (Phi) is 7.36. The predicted molar refractivity (Wildman–Crippen MR) is 149 cm³/mol. The van der Waals surface area contributed by atoms with Crippen LogP contribution in [0.1, 0.15) is 59.4 Å². The van der Waals surface area contributed by atoms with Crippen molar-refractivity contribution < 1.29 is 14.3 Å². The van der Waals surface area contributed by atoms with E-state index in [0.29, 0.717) is 16.3 Å². The minimum absolute atomic E-state index is 0.00478. The summed E-state index contributed by atoms with van der Waals surface area (Å²) < 4.78 is 7.19. The van der Waals surface area contributed by atoms with Gasteiger partial charge >= 0.3 is 0 Å². The Morgan fingerprint density at radius 3 is 2.49 bits per heavy atom. The molecule has 1 fully saturated rings. The van der Waals surface area contributed by atoms with Crippen molar-refractivity contribution in [2.75, 3.05) is 12.0 Å². The van der Waals surface area contributed by atoms with Crippen LogP contribution in [0.15, 0.2) is 47.8 Å². The number of anilines is 1. The van der Waals surface area contributed by atoms with Gasteiger partial charge in [-0.15, -0.1) is 11.3 Å². The molecule has 0 spiro atoms. The molecule has 192 valence electrons.